The molecule has 0 amide bonds. The van der Waals surface area contributed by atoms with Crippen LogP contribution in [0.1, 0.15) is 11.1 Å². The Morgan fingerprint density at radius 3 is 2.95 bits per heavy atom. The number of aromatic nitrogens is 4. The molecule has 2 aromatic rings. The van der Waals surface area contributed by atoms with Crippen LogP contribution in [0.25, 0.3) is 5.69 Å². The molecule has 0 aliphatic rings. The number of rotatable bonds is 7. The lowest BCUT2D eigenvalue weighted by Gasteiger charge is -2.08. The first kappa shape index (κ1) is 15.0. The van der Waals surface area contributed by atoms with E-state index in [1.54, 1.807) is 16.4 Å². The van der Waals surface area contributed by atoms with Crippen LogP contribution in [0.5, 0.6) is 0 Å². The summed E-state index contributed by atoms with van der Waals surface area (Å²) in [6.45, 7) is 6.00. The number of nitrogens with zero attached hydrogens (tertiary/aromatic N) is 4. The van der Waals surface area contributed by atoms with Crippen molar-refractivity contribution < 1.29 is 10.4 Å². The zero-order chi connectivity index (χ0) is 14.4. The van der Waals surface area contributed by atoms with E-state index >= 15 is 0 Å². The first-order chi connectivity index (χ1) is 9.72. The van der Waals surface area contributed by atoms with E-state index in [9.17, 15) is 0 Å². The predicted molar refractivity (Wildman–Crippen MR) is 78.1 cm³/mol. The standard InChI is InChI=1S/C13H19N5OS/c1-10-3-4-11(2)12(9-10)18-13(15-16-17-18)20-8-6-14-5-7-19/h3-4,9,14,19H,5-8H2,1-2H3/p+1. The number of tetrazole rings is 1. The number of nitrogens with two attached hydrogens (primary N) is 1. The van der Waals surface area contributed by atoms with E-state index in [2.05, 4.69) is 52.9 Å². The van der Waals surface area contributed by atoms with Crippen molar-refractivity contribution in [2.24, 2.45) is 0 Å². The minimum Gasteiger partial charge on any atom is -0.391 e. The van der Waals surface area contributed by atoms with Crippen molar-refractivity contribution in [2.45, 2.75) is 19.0 Å². The maximum atomic E-state index is 8.72. The summed E-state index contributed by atoms with van der Waals surface area (Å²) in [5.41, 5.74) is 3.36. The van der Waals surface area contributed by atoms with Crippen molar-refractivity contribution in [2.75, 3.05) is 25.4 Å². The molecule has 20 heavy (non-hydrogen) atoms. The minimum atomic E-state index is 0.213. The second-order valence-electron chi connectivity index (χ2n) is 4.60. The van der Waals surface area contributed by atoms with Gasteiger partial charge in [-0.05, 0) is 41.5 Å². The molecule has 0 radical (unpaired) electrons. The maximum absolute atomic E-state index is 8.72. The molecule has 0 spiro atoms. The lowest BCUT2D eigenvalue weighted by Crippen LogP contribution is -2.85. The number of quaternary nitrogens is 1. The lowest BCUT2D eigenvalue weighted by molar-refractivity contribution is -0.651. The fourth-order valence-electron chi connectivity index (χ4n) is 1.84. The van der Waals surface area contributed by atoms with Crippen LogP contribution in [0.2, 0.25) is 0 Å². The fourth-order valence-corrected chi connectivity index (χ4v) is 2.66. The van der Waals surface area contributed by atoms with Gasteiger partial charge in [0.15, 0.2) is 0 Å². The van der Waals surface area contributed by atoms with Gasteiger partial charge in [0.05, 0.1) is 31.1 Å². The highest BCUT2D eigenvalue weighted by Crippen LogP contribution is 2.20. The van der Waals surface area contributed by atoms with Gasteiger partial charge in [0.1, 0.15) is 0 Å². The van der Waals surface area contributed by atoms with Crippen LogP contribution < -0.4 is 5.32 Å². The Balaban J connectivity index is 2.06. The Kier molecular flexibility index (Phi) is 5.51. The third kappa shape index (κ3) is 3.78. The maximum Gasteiger partial charge on any atom is 0.214 e. The summed E-state index contributed by atoms with van der Waals surface area (Å²) in [5.74, 6) is 0.908. The Morgan fingerprint density at radius 1 is 1.30 bits per heavy atom. The summed E-state index contributed by atoms with van der Waals surface area (Å²) >= 11 is 1.63. The molecule has 0 bridgehead atoms. The molecule has 0 aliphatic carbocycles. The molecule has 7 heteroatoms. The number of thioether (sulfide) groups is 1. The van der Waals surface area contributed by atoms with E-state index in [0.29, 0.717) is 0 Å². The Morgan fingerprint density at radius 2 is 2.15 bits per heavy atom. The van der Waals surface area contributed by atoms with Crippen LogP contribution in [-0.2, 0) is 0 Å². The van der Waals surface area contributed by atoms with Crippen LogP contribution in [0, 0.1) is 13.8 Å². The number of aryl methyl sites for hydroxylation is 2. The van der Waals surface area contributed by atoms with E-state index in [0.717, 1.165) is 35.2 Å². The quantitative estimate of drug-likeness (QED) is 0.552. The molecule has 0 saturated heterocycles. The third-order valence-corrected chi connectivity index (χ3v) is 3.87. The first-order valence-corrected chi connectivity index (χ1v) is 7.62. The predicted octanol–water partition coefficient (Wildman–Crippen LogP) is -0.0731. The van der Waals surface area contributed by atoms with Crippen LogP contribution in [0.4, 0.5) is 0 Å². The molecule has 1 aromatic carbocycles. The molecule has 108 valence electrons. The number of hydrogen-bond acceptors (Lipinski definition) is 5. The molecule has 0 aliphatic heterocycles. The molecule has 6 nitrogen and oxygen atoms in total. The summed E-state index contributed by atoms with van der Waals surface area (Å²) in [4.78, 5) is 0. The van der Waals surface area contributed by atoms with Crippen LogP contribution in [-0.4, -0.2) is 50.8 Å². The van der Waals surface area contributed by atoms with Crippen molar-refractivity contribution in [3.63, 3.8) is 0 Å². The molecule has 0 fully saturated rings. The molecule has 3 N–H and O–H groups in total. The average Bonchev–Trinajstić information content (AvgIpc) is 2.89. The first-order valence-electron chi connectivity index (χ1n) is 6.63. The van der Waals surface area contributed by atoms with Crippen molar-refractivity contribution >= 4 is 11.8 Å². The van der Waals surface area contributed by atoms with E-state index in [1.807, 2.05) is 0 Å². The highest BCUT2D eigenvalue weighted by molar-refractivity contribution is 7.99. The summed E-state index contributed by atoms with van der Waals surface area (Å²) in [5, 5.41) is 23.6. The third-order valence-electron chi connectivity index (χ3n) is 2.92. The second kappa shape index (κ2) is 7.37. The normalized spacial score (nSPS) is 10.9. The number of aliphatic hydroxyl groups is 1. The van der Waals surface area contributed by atoms with Crippen molar-refractivity contribution in [1.29, 1.82) is 0 Å². The Labute approximate surface area is 122 Å². The molecular formula is C13H20N5OS+. The van der Waals surface area contributed by atoms with Crippen LogP contribution in [0.15, 0.2) is 23.4 Å². The van der Waals surface area contributed by atoms with E-state index in [-0.39, 0.29) is 6.61 Å². The fraction of sp³-hybridized carbons (Fsp3) is 0.462. The molecular weight excluding hydrogens is 274 g/mol. The summed E-state index contributed by atoms with van der Waals surface area (Å²) in [6, 6.07) is 6.25. The van der Waals surface area contributed by atoms with E-state index < -0.39 is 0 Å². The van der Waals surface area contributed by atoms with Gasteiger partial charge in [-0.2, -0.15) is 4.68 Å². The van der Waals surface area contributed by atoms with Gasteiger partial charge in [-0.15, -0.1) is 5.10 Å². The monoisotopic (exact) mass is 294 g/mol. The highest BCUT2D eigenvalue weighted by Gasteiger charge is 2.11. The van der Waals surface area contributed by atoms with Gasteiger partial charge in [-0.3, -0.25) is 0 Å². The van der Waals surface area contributed by atoms with E-state index in [1.165, 1.54) is 5.56 Å². The molecule has 0 atom stereocenters. The number of aliphatic hydroxyl groups excluding tert-OH is 1. The van der Waals surface area contributed by atoms with E-state index in [4.69, 9.17) is 5.11 Å². The van der Waals surface area contributed by atoms with Crippen molar-refractivity contribution in [1.82, 2.24) is 20.2 Å². The molecule has 1 aromatic heterocycles. The van der Waals surface area contributed by atoms with Crippen molar-refractivity contribution in [3.8, 4) is 5.69 Å². The minimum absolute atomic E-state index is 0.213. The van der Waals surface area contributed by atoms with Gasteiger partial charge in [0.2, 0.25) is 5.16 Å². The van der Waals surface area contributed by atoms with Gasteiger partial charge in [-0.25, -0.2) is 0 Å². The van der Waals surface area contributed by atoms with Gasteiger partial charge < -0.3 is 10.4 Å². The van der Waals surface area contributed by atoms with Gasteiger partial charge >= 0.3 is 0 Å². The SMILES string of the molecule is Cc1ccc(C)c(-n2nnnc2SCC[NH2+]CCO)c1. The van der Waals surface area contributed by atoms with Crippen LogP contribution in [0.3, 0.4) is 0 Å². The Bertz CT molecular complexity index is 557. The molecule has 2 rings (SSSR count). The topological polar surface area (TPSA) is 80.4 Å². The molecule has 0 unspecified atom stereocenters. The zero-order valence-corrected chi connectivity index (χ0v) is 12.6. The molecule has 0 saturated carbocycles. The number of hydrogen-bond donors (Lipinski definition) is 2. The van der Waals surface area contributed by atoms with Gasteiger partial charge in [-0.1, -0.05) is 23.9 Å². The summed E-state index contributed by atoms with van der Waals surface area (Å²) in [7, 11) is 0. The smallest absolute Gasteiger partial charge is 0.214 e. The molecule has 1 heterocycles. The average molecular weight is 294 g/mol. The van der Waals surface area contributed by atoms with Crippen molar-refractivity contribution in [3.05, 3.63) is 29.3 Å². The summed E-state index contributed by atoms with van der Waals surface area (Å²) < 4.78 is 1.79. The number of benzene rings is 1. The second-order valence-corrected chi connectivity index (χ2v) is 5.66. The Hall–Kier alpha value is -1.44. The van der Waals surface area contributed by atoms with Gasteiger partial charge in [0, 0.05) is 0 Å². The zero-order valence-electron chi connectivity index (χ0n) is 11.8. The van der Waals surface area contributed by atoms with Crippen LogP contribution >= 0.6 is 11.8 Å². The summed E-state index contributed by atoms with van der Waals surface area (Å²) in [6.07, 6.45) is 0. The largest absolute Gasteiger partial charge is 0.391 e. The lowest BCUT2D eigenvalue weighted by atomic mass is 10.1. The van der Waals surface area contributed by atoms with Gasteiger partial charge in [0.25, 0.3) is 0 Å². The highest BCUT2D eigenvalue weighted by atomic mass is 32.2.